The number of piperazine rings is 1. The van der Waals surface area contributed by atoms with Crippen LogP contribution in [0.3, 0.4) is 0 Å². The fraction of sp³-hybridized carbons (Fsp3) is 0.278. The van der Waals surface area contributed by atoms with Gasteiger partial charge in [-0.15, -0.1) is 0 Å². The van der Waals surface area contributed by atoms with Crippen LogP contribution >= 0.6 is 0 Å². The first-order chi connectivity index (χ1) is 12.9. The van der Waals surface area contributed by atoms with Crippen molar-refractivity contribution >= 4 is 15.9 Å². The fourth-order valence-electron chi connectivity index (χ4n) is 2.98. The molecule has 1 aliphatic rings. The Morgan fingerprint density at radius 1 is 1.11 bits per heavy atom. The van der Waals surface area contributed by atoms with Crippen molar-refractivity contribution in [3.63, 3.8) is 0 Å². The molecule has 0 spiro atoms. The number of nitrogens with zero attached hydrogens (tertiary/aromatic N) is 1. The van der Waals surface area contributed by atoms with Crippen LogP contribution in [0, 0.1) is 5.82 Å². The predicted octanol–water partition coefficient (Wildman–Crippen LogP) is 1.70. The Balaban J connectivity index is 2.11. The zero-order chi connectivity index (χ0) is 19.6. The normalized spacial score (nSPS) is 18.0. The number of hydrogen-bond donors (Lipinski definition) is 1. The Kier molecular flexibility index (Phi) is 5.33. The Labute approximate surface area is 156 Å². The second-order valence-corrected chi connectivity index (χ2v) is 7.74. The van der Waals surface area contributed by atoms with Crippen molar-refractivity contribution in [2.45, 2.75) is 10.9 Å². The molecule has 27 heavy (non-hydrogen) atoms. The van der Waals surface area contributed by atoms with E-state index in [0.717, 1.165) is 4.31 Å². The molecule has 0 radical (unpaired) electrons. The van der Waals surface area contributed by atoms with Crippen LogP contribution in [0.15, 0.2) is 47.4 Å². The second-order valence-electron chi connectivity index (χ2n) is 5.88. The molecule has 1 fully saturated rings. The maximum absolute atomic E-state index is 13.4. The van der Waals surface area contributed by atoms with Crippen molar-refractivity contribution in [3.8, 4) is 11.5 Å². The van der Waals surface area contributed by atoms with Crippen LogP contribution in [-0.2, 0) is 14.8 Å². The summed E-state index contributed by atoms with van der Waals surface area (Å²) in [4.78, 5) is 12.4. The van der Waals surface area contributed by atoms with Gasteiger partial charge in [0.15, 0.2) is 0 Å². The largest absolute Gasteiger partial charge is 0.497 e. The maximum atomic E-state index is 13.4. The number of halogens is 1. The number of rotatable bonds is 5. The van der Waals surface area contributed by atoms with Crippen LogP contribution in [0.4, 0.5) is 4.39 Å². The first-order valence-electron chi connectivity index (χ1n) is 8.15. The van der Waals surface area contributed by atoms with E-state index in [2.05, 4.69) is 5.32 Å². The van der Waals surface area contributed by atoms with Crippen molar-refractivity contribution in [1.29, 1.82) is 0 Å². The number of methoxy groups -OCH3 is 2. The molecule has 9 heteroatoms. The number of amides is 1. The average molecular weight is 394 g/mol. The van der Waals surface area contributed by atoms with E-state index in [1.165, 1.54) is 50.6 Å². The maximum Gasteiger partial charge on any atom is 0.248 e. The lowest BCUT2D eigenvalue weighted by Crippen LogP contribution is -2.52. The molecule has 1 saturated heterocycles. The molecule has 7 nitrogen and oxygen atoms in total. The van der Waals surface area contributed by atoms with Gasteiger partial charge in [0.2, 0.25) is 15.9 Å². The lowest BCUT2D eigenvalue weighted by Gasteiger charge is -2.34. The van der Waals surface area contributed by atoms with Crippen LogP contribution in [-0.4, -0.2) is 45.9 Å². The number of sulfonamides is 1. The SMILES string of the molecule is COc1ccc(OC)c(S(=O)(=O)N2CCNC(=O)C2c2ccc(F)cc2)c1. The molecule has 3 rings (SSSR count). The van der Waals surface area contributed by atoms with E-state index in [1.54, 1.807) is 6.07 Å². The van der Waals surface area contributed by atoms with Crippen molar-refractivity contribution in [1.82, 2.24) is 9.62 Å². The molecular formula is C18H19FN2O5S. The summed E-state index contributed by atoms with van der Waals surface area (Å²) >= 11 is 0. The smallest absolute Gasteiger partial charge is 0.248 e. The first-order valence-corrected chi connectivity index (χ1v) is 9.59. The van der Waals surface area contributed by atoms with Gasteiger partial charge in [0.25, 0.3) is 0 Å². The van der Waals surface area contributed by atoms with Gasteiger partial charge in [0.05, 0.1) is 14.2 Å². The Morgan fingerprint density at radius 2 is 1.81 bits per heavy atom. The molecule has 0 aliphatic carbocycles. The summed E-state index contributed by atoms with van der Waals surface area (Å²) in [6.07, 6.45) is 0. The number of carbonyl (C=O) groups is 1. The second kappa shape index (κ2) is 7.53. The Bertz CT molecular complexity index is 947. The van der Waals surface area contributed by atoms with E-state index >= 15 is 0 Å². The zero-order valence-corrected chi connectivity index (χ0v) is 15.6. The van der Waals surface area contributed by atoms with Crippen molar-refractivity contribution in [2.24, 2.45) is 0 Å². The number of hydrogen-bond acceptors (Lipinski definition) is 5. The molecule has 1 unspecified atom stereocenters. The van der Waals surface area contributed by atoms with Crippen LogP contribution < -0.4 is 14.8 Å². The number of carbonyl (C=O) groups excluding carboxylic acids is 1. The minimum absolute atomic E-state index is 0.0660. The Hall–Kier alpha value is -2.65. The van der Waals surface area contributed by atoms with E-state index in [1.807, 2.05) is 0 Å². The highest BCUT2D eigenvalue weighted by Crippen LogP contribution is 2.35. The number of nitrogens with one attached hydrogen (secondary N) is 1. The summed E-state index contributed by atoms with van der Waals surface area (Å²) in [7, 11) is -1.32. The third-order valence-corrected chi connectivity index (χ3v) is 6.20. The van der Waals surface area contributed by atoms with Gasteiger partial charge in [0.1, 0.15) is 28.3 Å². The molecule has 2 aromatic rings. The molecule has 0 aromatic heterocycles. The third-order valence-electron chi connectivity index (χ3n) is 4.31. The lowest BCUT2D eigenvalue weighted by molar-refractivity contribution is -0.126. The van der Waals surface area contributed by atoms with E-state index in [0.29, 0.717) is 11.3 Å². The average Bonchev–Trinajstić information content (AvgIpc) is 2.68. The molecule has 1 atom stereocenters. The molecule has 1 aliphatic heterocycles. The molecular weight excluding hydrogens is 375 g/mol. The molecule has 2 aromatic carbocycles. The van der Waals surface area contributed by atoms with Gasteiger partial charge < -0.3 is 14.8 Å². The molecule has 1 heterocycles. The van der Waals surface area contributed by atoms with Gasteiger partial charge >= 0.3 is 0 Å². The standard InChI is InChI=1S/C18H19FN2O5S/c1-25-14-7-8-15(26-2)16(11-14)27(23,24)21-10-9-20-18(22)17(21)12-3-5-13(19)6-4-12/h3-8,11,17H,9-10H2,1-2H3,(H,20,22). The first kappa shape index (κ1) is 19.1. The monoisotopic (exact) mass is 394 g/mol. The third kappa shape index (κ3) is 3.60. The zero-order valence-electron chi connectivity index (χ0n) is 14.8. The van der Waals surface area contributed by atoms with E-state index < -0.39 is 27.8 Å². The molecule has 1 amide bonds. The van der Waals surface area contributed by atoms with Gasteiger partial charge in [-0.05, 0) is 29.8 Å². The van der Waals surface area contributed by atoms with E-state index in [-0.39, 0.29) is 23.7 Å². The summed E-state index contributed by atoms with van der Waals surface area (Å²) < 4.78 is 51.4. The summed E-state index contributed by atoms with van der Waals surface area (Å²) in [6.45, 7) is 0.235. The number of ether oxygens (including phenoxy) is 2. The molecule has 0 saturated carbocycles. The summed E-state index contributed by atoms with van der Waals surface area (Å²) in [5, 5.41) is 2.66. The van der Waals surface area contributed by atoms with Gasteiger partial charge in [-0.1, -0.05) is 12.1 Å². The number of benzene rings is 2. The van der Waals surface area contributed by atoms with Crippen LogP contribution in [0.5, 0.6) is 11.5 Å². The molecule has 0 bridgehead atoms. The van der Waals surface area contributed by atoms with Crippen LogP contribution in [0.25, 0.3) is 0 Å². The molecule has 1 N–H and O–H groups in total. The highest BCUT2D eigenvalue weighted by atomic mass is 32.2. The summed E-state index contributed by atoms with van der Waals surface area (Å²) in [5.74, 6) is -0.467. The topological polar surface area (TPSA) is 84.9 Å². The highest BCUT2D eigenvalue weighted by molar-refractivity contribution is 7.89. The van der Waals surface area contributed by atoms with Crippen molar-refractivity contribution in [2.75, 3.05) is 27.3 Å². The Morgan fingerprint density at radius 3 is 2.44 bits per heavy atom. The van der Waals surface area contributed by atoms with E-state index in [9.17, 15) is 17.6 Å². The van der Waals surface area contributed by atoms with Crippen molar-refractivity contribution < 1.29 is 27.1 Å². The predicted molar refractivity (Wildman–Crippen MR) is 95.6 cm³/mol. The van der Waals surface area contributed by atoms with Gasteiger partial charge in [-0.3, -0.25) is 4.79 Å². The quantitative estimate of drug-likeness (QED) is 0.835. The van der Waals surface area contributed by atoms with Crippen molar-refractivity contribution in [3.05, 3.63) is 53.8 Å². The van der Waals surface area contributed by atoms with Gasteiger partial charge in [-0.2, -0.15) is 4.31 Å². The van der Waals surface area contributed by atoms with Gasteiger partial charge in [0, 0.05) is 19.2 Å². The van der Waals surface area contributed by atoms with E-state index in [4.69, 9.17) is 9.47 Å². The summed E-state index contributed by atoms with van der Waals surface area (Å²) in [6, 6.07) is 8.48. The summed E-state index contributed by atoms with van der Waals surface area (Å²) in [5.41, 5.74) is 0.374. The van der Waals surface area contributed by atoms with Gasteiger partial charge in [-0.25, -0.2) is 12.8 Å². The van der Waals surface area contributed by atoms with Crippen LogP contribution in [0.1, 0.15) is 11.6 Å². The lowest BCUT2D eigenvalue weighted by atomic mass is 10.0. The fourth-order valence-corrected chi connectivity index (χ4v) is 4.73. The highest BCUT2D eigenvalue weighted by Gasteiger charge is 2.40. The minimum Gasteiger partial charge on any atom is -0.497 e. The molecule has 144 valence electrons. The van der Waals surface area contributed by atoms with Crippen LogP contribution in [0.2, 0.25) is 0 Å². The minimum atomic E-state index is -4.10.